The lowest BCUT2D eigenvalue weighted by Gasteiger charge is -2.30. The lowest BCUT2D eigenvalue weighted by molar-refractivity contribution is -0.138. The van der Waals surface area contributed by atoms with Gasteiger partial charge in [-0.15, -0.1) is 17.0 Å². The van der Waals surface area contributed by atoms with Crippen molar-refractivity contribution in [1.29, 1.82) is 0 Å². The van der Waals surface area contributed by atoms with Crippen LogP contribution in [0.15, 0.2) is 206 Å². The van der Waals surface area contributed by atoms with Gasteiger partial charge in [-0.05, 0) is 115 Å². The number of benzene rings is 7. The summed E-state index contributed by atoms with van der Waals surface area (Å²) in [6.07, 6.45) is -0.447. The number of aldehydes is 1. The van der Waals surface area contributed by atoms with Crippen molar-refractivity contribution in [1.82, 2.24) is 9.80 Å². The molecular weight excluding hydrogens is 1080 g/mol. The van der Waals surface area contributed by atoms with Crippen LogP contribution in [-0.2, 0) is 46.0 Å². The molecule has 0 bridgehead atoms. The minimum atomic E-state index is -4.33. The quantitative estimate of drug-likeness (QED) is 0.0692. The zero-order valence-electron chi connectivity index (χ0n) is 42.3. The van der Waals surface area contributed by atoms with E-state index in [1.807, 2.05) is 127 Å². The number of amides is 2. The Kier molecular flexibility index (Phi) is 22.2. The number of carbonyl (C=O) groups is 3. The number of hydrogen-bond acceptors (Lipinski definition) is 5. The Morgan fingerprint density at radius 2 is 0.857 bits per heavy atom. The van der Waals surface area contributed by atoms with Gasteiger partial charge in [0, 0.05) is 32.1 Å². The van der Waals surface area contributed by atoms with Gasteiger partial charge < -0.3 is 24.1 Å². The lowest BCUT2D eigenvalue weighted by atomic mass is 9.97. The van der Waals surface area contributed by atoms with Crippen LogP contribution in [0, 0.1) is 11.8 Å². The minimum Gasteiger partial charge on any atom is -0.445 e. The van der Waals surface area contributed by atoms with Crippen LogP contribution in [0.2, 0.25) is 0 Å². The van der Waals surface area contributed by atoms with E-state index in [9.17, 15) is 40.7 Å². The molecule has 2 unspecified atom stereocenters. The summed E-state index contributed by atoms with van der Waals surface area (Å²) in [5.74, 6) is 0.114. The maximum atomic E-state index is 13.1. The third kappa shape index (κ3) is 17.5. The van der Waals surface area contributed by atoms with Gasteiger partial charge in [0.05, 0.1) is 17.3 Å². The van der Waals surface area contributed by atoms with Crippen molar-refractivity contribution in [3.05, 3.63) is 240 Å². The smallest absolute Gasteiger partial charge is 0.416 e. The van der Waals surface area contributed by atoms with Gasteiger partial charge in [0.25, 0.3) is 0 Å². The largest absolute Gasteiger partial charge is 0.445 e. The molecule has 7 aromatic carbocycles. The SMILES string of the molecule is Br.FC(F)(F)c1ccc(C[P+](c2ccccc2)(c2ccccc2)c2ccccc2)cc1.O=C(OCc1ccccc1)N1CCCC(C=Cc2ccc(C(F)(F)F)cc2)C1.O=CC1CCCN(C(=O)OCc2ccccc2)C1. The average molecular weight is 1140 g/mol. The molecule has 0 spiro atoms. The predicted molar refractivity (Wildman–Crippen MR) is 299 cm³/mol. The number of alkyl halides is 6. The summed E-state index contributed by atoms with van der Waals surface area (Å²) < 4.78 is 87.6. The summed E-state index contributed by atoms with van der Waals surface area (Å²) in [6.45, 7) is 2.88. The normalized spacial score (nSPS) is 15.6. The average Bonchev–Trinajstić information content (AvgIpc) is 3.50. The van der Waals surface area contributed by atoms with Crippen molar-refractivity contribution in [3.63, 3.8) is 0 Å². The molecule has 2 aliphatic rings. The molecule has 2 fully saturated rings. The molecular formula is C62H61BrF6N2O5P+. The summed E-state index contributed by atoms with van der Waals surface area (Å²) in [6, 6.07) is 60.7. The summed E-state index contributed by atoms with van der Waals surface area (Å²) in [7, 11) is -2.11. The molecule has 2 atom stereocenters. The first-order valence-corrected chi connectivity index (χ1v) is 27.1. The van der Waals surface area contributed by atoms with Gasteiger partial charge in [-0.2, -0.15) is 26.3 Å². The summed E-state index contributed by atoms with van der Waals surface area (Å²) in [5, 5.41) is 3.63. The van der Waals surface area contributed by atoms with E-state index in [0.717, 1.165) is 60.8 Å². The molecule has 0 aromatic heterocycles. The number of nitrogens with zero attached hydrogens (tertiary/aromatic N) is 2. The molecule has 402 valence electrons. The molecule has 0 radical (unpaired) electrons. The maximum absolute atomic E-state index is 13.1. The molecule has 2 aliphatic heterocycles. The van der Waals surface area contributed by atoms with Crippen molar-refractivity contribution < 1.29 is 50.2 Å². The Labute approximate surface area is 457 Å². The highest BCUT2D eigenvalue weighted by molar-refractivity contribution is 8.93. The molecule has 2 amide bonds. The molecule has 0 saturated carbocycles. The fraction of sp³-hybridized carbons (Fsp3) is 0.242. The van der Waals surface area contributed by atoms with Crippen molar-refractivity contribution >= 4 is 64.7 Å². The second-order valence-electron chi connectivity index (χ2n) is 18.6. The number of piperidine rings is 2. The second-order valence-corrected chi connectivity index (χ2v) is 22.0. The fourth-order valence-corrected chi connectivity index (χ4v) is 13.4. The molecule has 2 saturated heterocycles. The van der Waals surface area contributed by atoms with E-state index in [4.69, 9.17) is 9.47 Å². The van der Waals surface area contributed by atoms with E-state index in [1.54, 1.807) is 21.9 Å². The molecule has 7 aromatic rings. The molecule has 2 heterocycles. The van der Waals surface area contributed by atoms with Crippen LogP contribution in [0.1, 0.15) is 59.1 Å². The minimum absolute atomic E-state index is 0. The fourth-order valence-electron chi connectivity index (χ4n) is 9.11. The van der Waals surface area contributed by atoms with Crippen LogP contribution in [-0.4, -0.2) is 54.5 Å². The van der Waals surface area contributed by atoms with Crippen LogP contribution in [0.5, 0.6) is 0 Å². The van der Waals surface area contributed by atoms with Crippen molar-refractivity contribution in [2.24, 2.45) is 11.8 Å². The molecule has 15 heteroatoms. The van der Waals surface area contributed by atoms with Crippen LogP contribution in [0.25, 0.3) is 6.08 Å². The van der Waals surface area contributed by atoms with E-state index < -0.39 is 30.7 Å². The molecule has 0 aliphatic carbocycles. The third-order valence-electron chi connectivity index (χ3n) is 13.1. The van der Waals surface area contributed by atoms with Crippen molar-refractivity contribution in [3.8, 4) is 0 Å². The van der Waals surface area contributed by atoms with Gasteiger partial charge in [-0.1, -0.05) is 152 Å². The number of halogens is 7. The van der Waals surface area contributed by atoms with Crippen LogP contribution in [0.3, 0.4) is 0 Å². The van der Waals surface area contributed by atoms with Gasteiger partial charge in [0.1, 0.15) is 42.7 Å². The molecule has 7 nitrogen and oxygen atoms in total. The van der Waals surface area contributed by atoms with Crippen LogP contribution in [0.4, 0.5) is 35.9 Å². The highest BCUT2D eigenvalue weighted by Gasteiger charge is 2.45. The monoisotopic (exact) mass is 1140 g/mol. The summed E-state index contributed by atoms with van der Waals surface area (Å²) in [5.41, 5.74) is 2.23. The maximum Gasteiger partial charge on any atom is 0.416 e. The van der Waals surface area contributed by atoms with Gasteiger partial charge in [0.2, 0.25) is 0 Å². The summed E-state index contributed by atoms with van der Waals surface area (Å²) >= 11 is 0. The van der Waals surface area contributed by atoms with E-state index >= 15 is 0 Å². The standard InChI is InChI=1S/C26H21F3P.C22H22F3NO2.C14H17NO3.BrH/c27-26(28,29)22-18-16-21(17-19-22)20-30(23-10-4-1-5-11-23,24-12-6-2-7-13-24)25-14-8-3-9-15-25;23-22(24,25)20-12-10-17(11-13-20)8-9-18-7-4-14-26(15-18)21(27)28-16-19-5-2-1-3-6-19;16-10-13-7-4-8-15(9-13)14(17)18-11-12-5-2-1-3-6-12;/h1-19H,20H2;1-3,5-6,8-13,18H,4,7,14-16H2;1-3,5-6,10,13H,4,7-9,11H2;1H/q+1;;;. The lowest BCUT2D eigenvalue weighted by Crippen LogP contribution is -2.40. The van der Waals surface area contributed by atoms with Gasteiger partial charge in [0.15, 0.2) is 0 Å². The number of likely N-dealkylation sites (tertiary alicyclic amines) is 2. The van der Waals surface area contributed by atoms with E-state index in [2.05, 4.69) is 36.4 Å². The Morgan fingerprint density at radius 1 is 0.494 bits per heavy atom. The van der Waals surface area contributed by atoms with Gasteiger partial charge in [-0.25, -0.2) is 9.59 Å². The first kappa shape index (κ1) is 59.2. The van der Waals surface area contributed by atoms with E-state index in [0.29, 0.717) is 37.9 Å². The Bertz CT molecular complexity index is 2800. The molecule has 77 heavy (non-hydrogen) atoms. The van der Waals surface area contributed by atoms with E-state index in [-0.39, 0.29) is 54.2 Å². The topological polar surface area (TPSA) is 76.2 Å². The van der Waals surface area contributed by atoms with Gasteiger partial charge >= 0.3 is 24.5 Å². The zero-order chi connectivity index (χ0) is 53.8. The molecule has 0 N–H and O–H groups in total. The van der Waals surface area contributed by atoms with Crippen molar-refractivity contribution in [2.45, 2.75) is 57.4 Å². The first-order chi connectivity index (χ1) is 36.7. The number of carbonyl (C=O) groups excluding carboxylic acids is 3. The second kappa shape index (κ2) is 28.9. The molecule has 9 rings (SSSR count). The third-order valence-corrected chi connectivity index (χ3v) is 17.5. The summed E-state index contributed by atoms with van der Waals surface area (Å²) in [4.78, 5) is 38.2. The number of rotatable bonds is 12. The Morgan fingerprint density at radius 3 is 1.25 bits per heavy atom. The first-order valence-electron chi connectivity index (χ1n) is 25.1. The number of hydrogen-bond donors (Lipinski definition) is 0. The number of ether oxygens (including phenoxy) is 2. The van der Waals surface area contributed by atoms with Gasteiger partial charge in [-0.3, -0.25) is 0 Å². The van der Waals surface area contributed by atoms with Crippen LogP contribution < -0.4 is 15.9 Å². The Balaban J connectivity index is 0.000000192. The van der Waals surface area contributed by atoms with Crippen LogP contribution >= 0.6 is 24.2 Å². The predicted octanol–water partition coefficient (Wildman–Crippen LogP) is 14.8. The Hall–Kier alpha value is -7.02. The highest BCUT2D eigenvalue weighted by Crippen LogP contribution is 2.58. The zero-order valence-corrected chi connectivity index (χ0v) is 44.9. The van der Waals surface area contributed by atoms with E-state index in [1.165, 1.54) is 40.2 Å². The highest BCUT2D eigenvalue weighted by atomic mass is 79.9. The van der Waals surface area contributed by atoms with Crippen molar-refractivity contribution in [2.75, 3.05) is 26.2 Å².